The molecule has 2 aromatic rings. The van der Waals surface area contributed by atoms with Crippen LogP contribution in [0.1, 0.15) is 5.69 Å². The molecule has 2 rings (SSSR count). The molecule has 0 fully saturated rings. The van der Waals surface area contributed by atoms with Gasteiger partial charge < -0.3 is 10.1 Å². The smallest absolute Gasteiger partial charge is 0.322 e. The van der Waals surface area contributed by atoms with Crippen molar-refractivity contribution >= 4 is 16.0 Å². The highest BCUT2D eigenvalue weighted by Gasteiger charge is 2.26. The summed E-state index contributed by atoms with van der Waals surface area (Å²) in [5.74, 6) is -1.91. The molecule has 112 valence electrons. The summed E-state index contributed by atoms with van der Waals surface area (Å²) < 4.78 is 39.0. The Balaban J connectivity index is 2.19. The molecule has 3 N–H and O–H groups in total. The maximum absolute atomic E-state index is 12.8. The molecule has 0 radical (unpaired) electrons. The van der Waals surface area contributed by atoms with Gasteiger partial charge in [-0.2, -0.15) is 4.72 Å². The molecule has 0 spiro atoms. The van der Waals surface area contributed by atoms with Crippen LogP contribution in [-0.4, -0.2) is 35.5 Å². The third kappa shape index (κ3) is 3.86. The van der Waals surface area contributed by atoms with Crippen molar-refractivity contribution < 1.29 is 22.7 Å². The van der Waals surface area contributed by atoms with E-state index in [0.29, 0.717) is 5.69 Å². The van der Waals surface area contributed by atoms with Gasteiger partial charge in [0.05, 0.1) is 11.2 Å². The number of aliphatic carboxylic acids is 1. The number of halogens is 1. The minimum Gasteiger partial charge on any atom is -0.480 e. The van der Waals surface area contributed by atoms with E-state index in [2.05, 4.69) is 14.7 Å². The van der Waals surface area contributed by atoms with Gasteiger partial charge in [-0.15, -0.1) is 0 Å². The van der Waals surface area contributed by atoms with Gasteiger partial charge in [0.2, 0.25) is 10.0 Å². The molecule has 21 heavy (non-hydrogen) atoms. The lowest BCUT2D eigenvalue weighted by Crippen LogP contribution is -2.42. The number of carboxylic acids is 1. The minimum atomic E-state index is -4.06. The number of hydrogen-bond donors (Lipinski definition) is 3. The van der Waals surface area contributed by atoms with Crippen molar-refractivity contribution in [2.24, 2.45) is 0 Å². The number of imidazole rings is 1. The number of nitrogens with zero attached hydrogens (tertiary/aromatic N) is 1. The molecular formula is C12H12FN3O4S. The highest BCUT2D eigenvalue weighted by molar-refractivity contribution is 7.89. The number of aromatic amines is 1. The van der Waals surface area contributed by atoms with Crippen LogP contribution in [-0.2, 0) is 21.2 Å². The fourth-order valence-corrected chi connectivity index (χ4v) is 2.85. The Labute approximate surface area is 119 Å². The predicted octanol–water partition coefficient (Wildman–Crippen LogP) is 0.523. The largest absolute Gasteiger partial charge is 0.480 e. The summed E-state index contributed by atoms with van der Waals surface area (Å²) in [4.78, 5) is 17.4. The van der Waals surface area contributed by atoms with Gasteiger partial charge in [0.1, 0.15) is 11.9 Å². The second kappa shape index (κ2) is 6.02. The van der Waals surface area contributed by atoms with Crippen LogP contribution in [0.25, 0.3) is 0 Å². The van der Waals surface area contributed by atoms with Crippen molar-refractivity contribution in [1.29, 1.82) is 0 Å². The van der Waals surface area contributed by atoms with Crippen LogP contribution in [0, 0.1) is 5.82 Å². The van der Waals surface area contributed by atoms with E-state index in [0.717, 1.165) is 24.3 Å². The first-order valence-corrected chi connectivity index (χ1v) is 7.35. The first kappa shape index (κ1) is 15.1. The maximum atomic E-state index is 12.8. The predicted molar refractivity (Wildman–Crippen MR) is 70.4 cm³/mol. The van der Waals surface area contributed by atoms with Gasteiger partial charge in [-0.1, -0.05) is 0 Å². The quantitative estimate of drug-likeness (QED) is 0.720. The normalized spacial score (nSPS) is 13.0. The number of aromatic nitrogens is 2. The Morgan fingerprint density at radius 1 is 1.38 bits per heavy atom. The van der Waals surface area contributed by atoms with Crippen LogP contribution in [0.15, 0.2) is 41.7 Å². The molecule has 7 nitrogen and oxygen atoms in total. The SMILES string of the molecule is O=C(O)[C@H](Cc1cnc[nH]1)NS(=O)(=O)c1ccc(F)cc1. The minimum absolute atomic E-state index is 0.0875. The van der Waals surface area contributed by atoms with E-state index in [9.17, 15) is 17.6 Å². The molecule has 0 unspecified atom stereocenters. The van der Waals surface area contributed by atoms with Gasteiger partial charge in [0, 0.05) is 18.3 Å². The van der Waals surface area contributed by atoms with Crippen LogP contribution in [0.2, 0.25) is 0 Å². The molecule has 1 aromatic heterocycles. The average Bonchev–Trinajstić information content (AvgIpc) is 2.91. The molecule has 0 bridgehead atoms. The Kier molecular flexibility index (Phi) is 4.34. The van der Waals surface area contributed by atoms with Crippen LogP contribution in [0.5, 0.6) is 0 Å². The third-order valence-electron chi connectivity index (χ3n) is 2.70. The van der Waals surface area contributed by atoms with Crippen molar-refractivity contribution in [2.45, 2.75) is 17.4 Å². The standard InChI is InChI=1S/C12H12FN3O4S/c13-8-1-3-10(4-2-8)21(19,20)16-11(12(17)18)5-9-6-14-7-15-9/h1-4,6-7,11,16H,5H2,(H,14,15)(H,17,18)/t11-/m0/s1. The van der Waals surface area contributed by atoms with Gasteiger partial charge in [-0.25, -0.2) is 17.8 Å². The van der Waals surface area contributed by atoms with E-state index in [4.69, 9.17) is 5.11 Å². The zero-order chi connectivity index (χ0) is 15.5. The fourth-order valence-electron chi connectivity index (χ4n) is 1.66. The number of rotatable bonds is 6. The Morgan fingerprint density at radius 2 is 2.05 bits per heavy atom. The molecule has 1 atom stereocenters. The molecule has 0 saturated carbocycles. The van der Waals surface area contributed by atoms with E-state index in [1.165, 1.54) is 12.5 Å². The maximum Gasteiger partial charge on any atom is 0.322 e. The van der Waals surface area contributed by atoms with E-state index in [-0.39, 0.29) is 11.3 Å². The number of hydrogen-bond acceptors (Lipinski definition) is 4. The van der Waals surface area contributed by atoms with E-state index in [1.54, 1.807) is 0 Å². The molecule has 1 aromatic carbocycles. The lowest BCUT2D eigenvalue weighted by Gasteiger charge is -2.14. The summed E-state index contributed by atoms with van der Waals surface area (Å²) in [6.45, 7) is 0. The lowest BCUT2D eigenvalue weighted by atomic mass is 10.2. The number of H-pyrrole nitrogens is 1. The van der Waals surface area contributed by atoms with E-state index < -0.39 is 27.9 Å². The summed E-state index contributed by atoms with van der Waals surface area (Å²) >= 11 is 0. The van der Waals surface area contributed by atoms with Gasteiger partial charge in [-0.3, -0.25) is 4.79 Å². The second-order valence-electron chi connectivity index (χ2n) is 4.25. The number of nitrogens with one attached hydrogen (secondary N) is 2. The summed E-state index contributed by atoms with van der Waals surface area (Å²) in [6, 6.07) is 2.73. The molecule has 0 aliphatic rings. The Morgan fingerprint density at radius 3 is 2.57 bits per heavy atom. The third-order valence-corrected chi connectivity index (χ3v) is 4.19. The number of benzene rings is 1. The summed E-state index contributed by atoms with van der Waals surface area (Å²) in [7, 11) is -4.06. The highest BCUT2D eigenvalue weighted by Crippen LogP contribution is 2.11. The van der Waals surface area contributed by atoms with Gasteiger partial charge in [0.15, 0.2) is 0 Å². The number of sulfonamides is 1. The number of carboxylic acid groups (broad SMARTS) is 1. The van der Waals surface area contributed by atoms with Crippen LogP contribution >= 0.6 is 0 Å². The van der Waals surface area contributed by atoms with Crippen LogP contribution in [0.4, 0.5) is 4.39 Å². The van der Waals surface area contributed by atoms with Gasteiger partial charge >= 0.3 is 5.97 Å². The molecule has 0 aliphatic carbocycles. The van der Waals surface area contributed by atoms with Crippen molar-refractivity contribution in [3.63, 3.8) is 0 Å². The second-order valence-corrected chi connectivity index (χ2v) is 5.96. The molecular weight excluding hydrogens is 301 g/mol. The molecule has 9 heteroatoms. The van der Waals surface area contributed by atoms with Gasteiger partial charge in [-0.05, 0) is 24.3 Å². The summed E-state index contributed by atoms with van der Waals surface area (Å²) in [6.07, 6.45) is 2.68. The van der Waals surface area contributed by atoms with Gasteiger partial charge in [0.25, 0.3) is 0 Å². The molecule has 1 heterocycles. The first-order chi connectivity index (χ1) is 9.88. The monoisotopic (exact) mass is 313 g/mol. The lowest BCUT2D eigenvalue weighted by molar-refractivity contribution is -0.138. The van der Waals surface area contributed by atoms with Crippen molar-refractivity contribution in [1.82, 2.24) is 14.7 Å². The highest BCUT2D eigenvalue weighted by atomic mass is 32.2. The topological polar surface area (TPSA) is 112 Å². The average molecular weight is 313 g/mol. The molecule has 0 amide bonds. The van der Waals surface area contributed by atoms with Crippen LogP contribution in [0.3, 0.4) is 0 Å². The fraction of sp³-hybridized carbons (Fsp3) is 0.167. The zero-order valence-corrected chi connectivity index (χ0v) is 11.5. The Bertz CT molecular complexity index is 713. The van der Waals surface area contributed by atoms with Crippen molar-refractivity contribution in [3.05, 3.63) is 48.3 Å². The Hall–Kier alpha value is -2.26. The zero-order valence-electron chi connectivity index (χ0n) is 10.7. The number of carbonyl (C=O) groups is 1. The molecule has 0 aliphatic heterocycles. The summed E-state index contributed by atoms with van der Waals surface area (Å²) in [5, 5.41) is 9.11. The van der Waals surface area contributed by atoms with Crippen LogP contribution < -0.4 is 4.72 Å². The van der Waals surface area contributed by atoms with E-state index in [1.807, 2.05) is 0 Å². The van der Waals surface area contributed by atoms with Crippen molar-refractivity contribution in [2.75, 3.05) is 0 Å². The molecule has 0 saturated heterocycles. The first-order valence-electron chi connectivity index (χ1n) is 5.86. The van der Waals surface area contributed by atoms with E-state index >= 15 is 0 Å². The summed E-state index contributed by atoms with van der Waals surface area (Å²) in [5.41, 5.74) is 0.476. The van der Waals surface area contributed by atoms with Crippen molar-refractivity contribution in [3.8, 4) is 0 Å².